The van der Waals surface area contributed by atoms with Gasteiger partial charge in [0.1, 0.15) is 5.54 Å². The van der Waals surface area contributed by atoms with E-state index in [0.29, 0.717) is 0 Å². The molecular formula is C8H11N3O2. The molecule has 0 saturated carbocycles. The molecule has 0 bridgehead atoms. The lowest BCUT2D eigenvalue weighted by atomic mass is 9.88. The minimum Gasteiger partial charge on any atom is -0.374 e. The summed E-state index contributed by atoms with van der Waals surface area (Å²) in [6.45, 7) is 1.51. The molecule has 0 aromatic rings. The molecule has 0 aromatic heterocycles. The number of nitrogens with two attached hydrogens (primary N) is 2. The second kappa shape index (κ2) is 2.93. The lowest BCUT2D eigenvalue weighted by Crippen LogP contribution is -2.55. The van der Waals surface area contributed by atoms with Crippen LogP contribution in [0.3, 0.4) is 0 Å². The van der Waals surface area contributed by atoms with Gasteiger partial charge in [0.15, 0.2) is 0 Å². The van der Waals surface area contributed by atoms with Crippen molar-refractivity contribution >= 4 is 11.8 Å². The van der Waals surface area contributed by atoms with E-state index in [4.69, 9.17) is 11.5 Å². The predicted octanol–water partition coefficient (Wildman–Crippen LogP) is -1.24. The van der Waals surface area contributed by atoms with Crippen LogP contribution in [-0.2, 0) is 9.59 Å². The Labute approximate surface area is 75.5 Å². The minimum atomic E-state index is -1.19. The number of carbonyl (C=O) groups excluding carboxylic acids is 2. The van der Waals surface area contributed by atoms with Crippen molar-refractivity contribution in [2.24, 2.45) is 11.5 Å². The number of hydrogen-bond donors (Lipinski definition) is 3. The summed E-state index contributed by atoms with van der Waals surface area (Å²) in [5, 5.41) is 2.70. The Morgan fingerprint density at radius 3 is 2.46 bits per heavy atom. The van der Waals surface area contributed by atoms with Gasteiger partial charge in [-0.2, -0.15) is 0 Å². The third-order valence-electron chi connectivity index (χ3n) is 2.03. The molecule has 1 unspecified atom stereocenters. The van der Waals surface area contributed by atoms with Crippen LogP contribution in [0.25, 0.3) is 0 Å². The Hall–Kier alpha value is -1.78. The van der Waals surface area contributed by atoms with Crippen molar-refractivity contribution in [1.29, 1.82) is 0 Å². The minimum absolute atomic E-state index is 0.169. The smallest absolute Gasteiger partial charge is 0.247 e. The van der Waals surface area contributed by atoms with E-state index in [-0.39, 0.29) is 5.57 Å². The summed E-state index contributed by atoms with van der Waals surface area (Å²) in [4.78, 5) is 22.0. The van der Waals surface area contributed by atoms with Gasteiger partial charge >= 0.3 is 0 Å². The van der Waals surface area contributed by atoms with Crippen LogP contribution < -0.4 is 16.8 Å². The van der Waals surface area contributed by atoms with E-state index in [1.54, 1.807) is 6.08 Å². The first kappa shape index (κ1) is 9.31. The molecule has 5 heteroatoms. The lowest BCUT2D eigenvalue weighted by Gasteiger charge is -2.29. The first-order chi connectivity index (χ1) is 5.98. The lowest BCUT2D eigenvalue weighted by molar-refractivity contribution is -0.124. The van der Waals surface area contributed by atoms with E-state index < -0.39 is 17.4 Å². The summed E-state index contributed by atoms with van der Waals surface area (Å²) in [5.74, 6) is -1.29. The van der Waals surface area contributed by atoms with Crippen LogP contribution >= 0.6 is 0 Å². The van der Waals surface area contributed by atoms with Crippen LogP contribution in [0.1, 0.15) is 6.92 Å². The zero-order valence-electron chi connectivity index (χ0n) is 7.20. The SMILES string of the molecule is CC1(C(N)=O)NC=CC=C1C(N)=O. The van der Waals surface area contributed by atoms with Gasteiger partial charge in [0.05, 0.1) is 5.57 Å². The maximum absolute atomic E-state index is 11.1. The Bertz CT molecular complexity index is 319. The number of carbonyl (C=O) groups is 2. The van der Waals surface area contributed by atoms with Gasteiger partial charge in [-0.05, 0) is 25.3 Å². The van der Waals surface area contributed by atoms with Crippen molar-refractivity contribution in [3.63, 3.8) is 0 Å². The van der Waals surface area contributed by atoms with Crippen LogP contribution in [0.2, 0.25) is 0 Å². The van der Waals surface area contributed by atoms with Gasteiger partial charge in [-0.3, -0.25) is 9.59 Å². The average molecular weight is 181 g/mol. The highest BCUT2D eigenvalue weighted by Gasteiger charge is 2.38. The summed E-state index contributed by atoms with van der Waals surface area (Å²) >= 11 is 0. The number of nitrogens with one attached hydrogen (secondary N) is 1. The van der Waals surface area contributed by atoms with Crippen LogP contribution in [-0.4, -0.2) is 17.4 Å². The molecule has 1 rings (SSSR count). The van der Waals surface area contributed by atoms with Crippen LogP contribution in [0.4, 0.5) is 0 Å². The van der Waals surface area contributed by atoms with Gasteiger partial charge in [-0.25, -0.2) is 0 Å². The van der Waals surface area contributed by atoms with E-state index in [1.807, 2.05) is 0 Å². The molecule has 0 spiro atoms. The maximum atomic E-state index is 11.1. The van der Waals surface area contributed by atoms with E-state index in [0.717, 1.165) is 0 Å². The van der Waals surface area contributed by atoms with Crippen molar-refractivity contribution in [3.8, 4) is 0 Å². The number of allylic oxidation sites excluding steroid dienone is 2. The molecular weight excluding hydrogens is 170 g/mol. The molecule has 5 nitrogen and oxygen atoms in total. The molecule has 1 aliphatic rings. The van der Waals surface area contributed by atoms with Gasteiger partial charge in [-0.1, -0.05) is 0 Å². The van der Waals surface area contributed by atoms with Gasteiger partial charge < -0.3 is 16.8 Å². The van der Waals surface area contributed by atoms with Crippen molar-refractivity contribution in [1.82, 2.24) is 5.32 Å². The molecule has 0 fully saturated rings. The summed E-state index contributed by atoms with van der Waals surface area (Å²) in [7, 11) is 0. The first-order valence-corrected chi connectivity index (χ1v) is 3.73. The normalized spacial score (nSPS) is 26.1. The molecule has 1 atom stereocenters. The topological polar surface area (TPSA) is 98.2 Å². The Kier molecular flexibility index (Phi) is 2.10. The third kappa shape index (κ3) is 1.40. The van der Waals surface area contributed by atoms with E-state index in [1.165, 1.54) is 19.2 Å². The average Bonchev–Trinajstić information content (AvgIpc) is 2.04. The molecule has 0 saturated heterocycles. The molecule has 2 amide bonds. The summed E-state index contributed by atoms with van der Waals surface area (Å²) in [6, 6.07) is 0. The molecule has 1 aliphatic heterocycles. The largest absolute Gasteiger partial charge is 0.374 e. The Balaban J connectivity index is 3.13. The maximum Gasteiger partial charge on any atom is 0.247 e. The zero-order chi connectivity index (χ0) is 10.1. The standard InChI is InChI=1S/C8H11N3O2/c1-8(7(10)13)5(6(9)12)3-2-4-11-8/h2-4,11H,1H3,(H2,9,12)(H2,10,13). The van der Waals surface area contributed by atoms with Crippen LogP contribution in [0.15, 0.2) is 23.9 Å². The van der Waals surface area contributed by atoms with Crippen molar-refractivity contribution in [2.45, 2.75) is 12.5 Å². The molecule has 70 valence electrons. The van der Waals surface area contributed by atoms with Crippen molar-refractivity contribution < 1.29 is 9.59 Å². The quantitative estimate of drug-likeness (QED) is 0.497. The molecule has 0 aromatic carbocycles. The van der Waals surface area contributed by atoms with Crippen LogP contribution in [0, 0.1) is 0 Å². The van der Waals surface area contributed by atoms with Gasteiger partial charge in [0, 0.05) is 0 Å². The van der Waals surface area contributed by atoms with Gasteiger partial charge in [0.2, 0.25) is 11.8 Å². The summed E-state index contributed by atoms with van der Waals surface area (Å²) in [5.41, 5.74) is 9.21. The number of amides is 2. The second-order valence-corrected chi connectivity index (χ2v) is 2.94. The first-order valence-electron chi connectivity index (χ1n) is 3.73. The highest BCUT2D eigenvalue weighted by atomic mass is 16.2. The fourth-order valence-electron chi connectivity index (χ4n) is 1.14. The fraction of sp³-hybridized carbons (Fsp3) is 0.250. The summed E-state index contributed by atoms with van der Waals surface area (Å²) < 4.78 is 0. The third-order valence-corrected chi connectivity index (χ3v) is 2.03. The number of hydrogen-bond acceptors (Lipinski definition) is 3. The highest BCUT2D eigenvalue weighted by Crippen LogP contribution is 2.18. The summed E-state index contributed by atoms with van der Waals surface area (Å²) in [6.07, 6.45) is 4.60. The number of dihydropyridines is 1. The molecule has 13 heavy (non-hydrogen) atoms. The predicted molar refractivity (Wildman–Crippen MR) is 47.2 cm³/mol. The van der Waals surface area contributed by atoms with E-state index in [2.05, 4.69) is 5.32 Å². The van der Waals surface area contributed by atoms with E-state index >= 15 is 0 Å². The molecule has 0 radical (unpaired) electrons. The van der Waals surface area contributed by atoms with Crippen molar-refractivity contribution in [3.05, 3.63) is 23.9 Å². The molecule has 1 heterocycles. The van der Waals surface area contributed by atoms with Gasteiger partial charge in [-0.15, -0.1) is 0 Å². The van der Waals surface area contributed by atoms with Crippen molar-refractivity contribution in [2.75, 3.05) is 0 Å². The van der Waals surface area contributed by atoms with Gasteiger partial charge in [0.25, 0.3) is 0 Å². The number of rotatable bonds is 2. The zero-order valence-corrected chi connectivity index (χ0v) is 7.20. The Morgan fingerprint density at radius 2 is 2.08 bits per heavy atom. The second-order valence-electron chi connectivity index (χ2n) is 2.94. The fourth-order valence-corrected chi connectivity index (χ4v) is 1.14. The molecule has 0 aliphatic carbocycles. The molecule has 5 N–H and O–H groups in total. The monoisotopic (exact) mass is 181 g/mol. The van der Waals surface area contributed by atoms with E-state index in [9.17, 15) is 9.59 Å². The Morgan fingerprint density at radius 1 is 1.46 bits per heavy atom. The number of primary amides is 2. The van der Waals surface area contributed by atoms with Crippen LogP contribution in [0.5, 0.6) is 0 Å². The highest BCUT2D eigenvalue weighted by molar-refractivity contribution is 6.04.